The van der Waals surface area contributed by atoms with Gasteiger partial charge < -0.3 is 10.4 Å². The second-order valence-electron chi connectivity index (χ2n) is 5.41. The molecule has 0 saturated carbocycles. The molecule has 3 rings (SSSR count). The summed E-state index contributed by atoms with van der Waals surface area (Å²) >= 11 is 1.60. The topological polar surface area (TPSA) is 75.1 Å². The van der Waals surface area contributed by atoms with Crippen LogP contribution in [0.2, 0.25) is 0 Å². The average Bonchev–Trinajstić information content (AvgIpc) is 2.79. The Balaban J connectivity index is 2.11. The molecule has 0 amide bonds. The Bertz CT molecular complexity index is 874. The largest absolute Gasteiger partial charge is 0.479 e. The van der Waals surface area contributed by atoms with Gasteiger partial charge in [0.25, 0.3) is 0 Å². The van der Waals surface area contributed by atoms with Crippen LogP contribution in [0.5, 0.6) is 0 Å². The molecule has 0 aliphatic rings. The molecule has 6 heteroatoms. The first-order valence-corrected chi connectivity index (χ1v) is 8.07. The fourth-order valence-electron chi connectivity index (χ4n) is 2.53. The van der Waals surface area contributed by atoms with E-state index < -0.39 is 12.0 Å². The fraction of sp³-hybridized carbons (Fsp3) is 0.235. The molecule has 0 bridgehead atoms. The molecule has 0 radical (unpaired) electrons. The standard InChI is InChI=1S/C17H17N3O2S/c1-9-10(2)23-16-13(9)15(18-11(3)19-16)20-14(17(21)22)12-7-5-4-6-8-12/h4-8,14H,1-3H3,(H,21,22)(H,18,19,20). The highest BCUT2D eigenvalue weighted by Gasteiger charge is 2.22. The maximum atomic E-state index is 11.7. The van der Waals surface area contributed by atoms with Crippen molar-refractivity contribution in [2.24, 2.45) is 0 Å². The maximum Gasteiger partial charge on any atom is 0.330 e. The fourth-order valence-corrected chi connectivity index (χ4v) is 3.61. The molecule has 5 nitrogen and oxygen atoms in total. The molecule has 23 heavy (non-hydrogen) atoms. The highest BCUT2D eigenvalue weighted by molar-refractivity contribution is 7.18. The summed E-state index contributed by atoms with van der Waals surface area (Å²) in [4.78, 5) is 22.7. The molecule has 2 heterocycles. The molecular weight excluding hydrogens is 310 g/mol. The Hall–Kier alpha value is -2.47. The normalized spacial score (nSPS) is 12.3. The summed E-state index contributed by atoms with van der Waals surface area (Å²) in [6.07, 6.45) is 0. The van der Waals surface area contributed by atoms with Crippen molar-refractivity contribution in [1.82, 2.24) is 9.97 Å². The number of aliphatic carboxylic acids is 1. The van der Waals surface area contributed by atoms with Gasteiger partial charge in [-0.2, -0.15) is 0 Å². The van der Waals surface area contributed by atoms with E-state index in [1.54, 1.807) is 23.5 Å². The predicted octanol–water partition coefficient (Wildman–Crippen LogP) is 3.85. The van der Waals surface area contributed by atoms with Crippen molar-refractivity contribution in [3.63, 3.8) is 0 Å². The number of carbonyl (C=O) groups is 1. The second-order valence-corrected chi connectivity index (χ2v) is 6.61. The number of thiophene rings is 1. The van der Waals surface area contributed by atoms with Crippen LogP contribution in [0.1, 0.15) is 27.9 Å². The van der Waals surface area contributed by atoms with E-state index in [1.807, 2.05) is 39.0 Å². The van der Waals surface area contributed by atoms with Crippen LogP contribution in [-0.2, 0) is 4.79 Å². The van der Waals surface area contributed by atoms with E-state index in [2.05, 4.69) is 15.3 Å². The first-order valence-electron chi connectivity index (χ1n) is 7.26. The summed E-state index contributed by atoms with van der Waals surface area (Å²) in [6, 6.07) is 8.25. The molecule has 1 aromatic carbocycles. The lowest BCUT2D eigenvalue weighted by Crippen LogP contribution is -2.21. The molecule has 1 unspecified atom stereocenters. The zero-order chi connectivity index (χ0) is 16.6. The van der Waals surface area contributed by atoms with E-state index in [-0.39, 0.29) is 0 Å². The summed E-state index contributed by atoms with van der Waals surface area (Å²) in [7, 11) is 0. The van der Waals surface area contributed by atoms with Gasteiger partial charge in [0.05, 0.1) is 5.39 Å². The Morgan fingerprint density at radius 3 is 2.52 bits per heavy atom. The summed E-state index contributed by atoms with van der Waals surface area (Å²) < 4.78 is 0. The molecule has 2 N–H and O–H groups in total. The molecule has 0 fully saturated rings. The molecule has 0 aliphatic carbocycles. The van der Waals surface area contributed by atoms with Gasteiger partial charge in [-0.05, 0) is 31.9 Å². The van der Waals surface area contributed by atoms with E-state index in [4.69, 9.17) is 0 Å². The van der Waals surface area contributed by atoms with Crippen LogP contribution >= 0.6 is 11.3 Å². The lowest BCUT2D eigenvalue weighted by Gasteiger charge is -2.16. The van der Waals surface area contributed by atoms with Gasteiger partial charge in [0.2, 0.25) is 0 Å². The third-order valence-electron chi connectivity index (χ3n) is 3.80. The van der Waals surface area contributed by atoms with Gasteiger partial charge in [0, 0.05) is 4.88 Å². The lowest BCUT2D eigenvalue weighted by atomic mass is 10.1. The van der Waals surface area contributed by atoms with Gasteiger partial charge in [-0.25, -0.2) is 14.8 Å². The van der Waals surface area contributed by atoms with E-state index in [0.29, 0.717) is 17.2 Å². The van der Waals surface area contributed by atoms with Crippen LogP contribution in [0.3, 0.4) is 0 Å². The number of carboxylic acid groups (broad SMARTS) is 1. The van der Waals surface area contributed by atoms with Gasteiger partial charge in [-0.1, -0.05) is 30.3 Å². The van der Waals surface area contributed by atoms with Crippen molar-refractivity contribution in [2.75, 3.05) is 5.32 Å². The highest BCUT2D eigenvalue weighted by atomic mass is 32.1. The number of rotatable bonds is 4. The molecule has 3 aromatic rings. The van der Waals surface area contributed by atoms with Crippen LogP contribution in [-0.4, -0.2) is 21.0 Å². The predicted molar refractivity (Wildman–Crippen MR) is 92.1 cm³/mol. The Labute approximate surface area is 138 Å². The lowest BCUT2D eigenvalue weighted by molar-refractivity contribution is -0.138. The number of aromatic nitrogens is 2. The number of benzene rings is 1. The van der Waals surface area contributed by atoms with Crippen LogP contribution in [0.15, 0.2) is 30.3 Å². The summed E-state index contributed by atoms with van der Waals surface area (Å²) in [5.41, 5.74) is 1.78. The third-order valence-corrected chi connectivity index (χ3v) is 4.90. The van der Waals surface area contributed by atoms with Crippen molar-refractivity contribution in [1.29, 1.82) is 0 Å². The number of fused-ring (bicyclic) bond motifs is 1. The molecule has 0 saturated heterocycles. The molecule has 2 aromatic heterocycles. The zero-order valence-corrected chi connectivity index (χ0v) is 13.9. The monoisotopic (exact) mass is 327 g/mol. The van der Waals surface area contributed by atoms with Crippen LogP contribution in [0, 0.1) is 20.8 Å². The summed E-state index contributed by atoms with van der Waals surface area (Å²) in [5, 5.41) is 13.6. The number of carboxylic acids is 1. The Morgan fingerprint density at radius 2 is 1.87 bits per heavy atom. The quantitative estimate of drug-likeness (QED) is 0.761. The van der Waals surface area contributed by atoms with Crippen LogP contribution in [0.25, 0.3) is 10.2 Å². The van der Waals surface area contributed by atoms with E-state index in [1.165, 1.54) is 0 Å². The summed E-state index contributed by atoms with van der Waals surface area (Å²) in [6.45, 7) is 5.86. The second kappa shape index (κ2) is 5.96. The molecule has 118 valence electrons. The van der Waals surface area contributed by atoms with Gasteiger partial charge in [0.1, 0.15) is 16.5 Å². The molecule has 0 aliphatic heterocycles. The SMILES string of the molecule is Cc1nc(NC(C(=O)O)c2ccccc2)c2c(C)c(C)sc2n1. The van der Waals surface area contributed by atoms with Gasteiger partial charge in [-0.15, -0.1) is 11.3 Å². The minimum Gasteiger partial charge on any atom is -0.479 e. The minimum atomic E-state index is -0.940. The van der Waals surface area contributed by atoms with Gasteiger partial charge in [-0.3, -0.25) is 0 Å². The number of anilines is 1. The van der Waals surface area contributed by atoms with Crippen molar-refractivity contribution >= 4 is 33.3 Å². The zero-order valence-electron chi connectivity index (χ0n) is 13.1. The van der Waals surface area contributed by atoms with E-state index in [9.17, 15) is 9.90 Å². The smallest absolute Gasteiger partial charge is 0.330 e. The van der Waals surface area contributed by atoms with E-state index >= 15 is 0 Å². The number of hydrogen-bond acceptors (Lipinski definition) is 5. The number of nitrogens with one attached hydrogen (secondary N) is 1. The third kappa shape index (κ3) is 2.90. The molecule has 1 atom stereocenters. The summed E-state index contributed by atoms with van der Waals surface area (Å²) in [5.74, 6) is 0.259. The van der Waals surface area contributed by atoms with Crippen molar-refractivity contribution < 1.29 is 9.90 Å². The van der Waals surface area contributed by atoms with Crippen molar-refractivity contribution in [3.8, 4) is 0 Å². The maximum absolute atomic E-state index is 11.7. The Morgan fingerprint density at radius 1 is 1.17 bits per heavy atom. The van der Waals surface area contributed by atoms with Crippen LogP contribution < -0.4 is 5.32 Å². The van der Waals surface area contributed by atoms with Crippen LogP contribution in [0.4, 0.5) is 5.82 Å². The number of hydrogen-bond donors (Lipinski definition) is 2. The number of aryl methyl sites for hydroxylation is 3. The first-order chi connectivity index (χ1) is 11.0. The number of nitrogens with zero attached hydrogens (tertiary/aromatic N) is 2. The van der Waals surface area contributed by atoms with E-state index in [0.717, 1.165) is 20.7 Å². The average molecular weight is 327 g/mol. The highest BCUT2D eigenvalue weighted by Crippen LogP contribution is 2.34. The Kier molecular flexibility index (Phi) is 4.00. The van der Waals surface area contributed by atoms with Crippen molar-refractivity contribution in [3.05, 3.63) is 52.2 Å². The first kappa shape index (κ1) is 15.4. The molecular formula is C17H17N3O2S. The van der Waals surface area contributed by atoms with Gasteiger partial charge in [0.15, 0.2) is 6.04 Å². The van der Waals surface area contributed by atoms with Crippen molar-refractivity contribution in [2.45, 2.75) is 26.8 Å². The molecule has 0 spiro atoms. The van der Waals surface area contributed by atoms with Gasteiger partial charge >= 0.3 is 5.97 Å². The minimum absolute atomic E-state index is 0.575.